The van der Waals surface area contributed by atoms with E-state index in [-0.39, 0.29) is 13.0 Å². The van der Waals surface area contributed by atoms with Crippen LogP contribution in [0.15, 0.2) is 12.2 Å². The fraction of sp³-hybridized carbons (Fsp3) is 0.880. The number of allylic oxidation sites excluding steroid dienone is 2. The number of hydrogen-bond acceptors (Lipinski definition) is 10. The van der Waals surface area contributed by atoms with Crippen molar-refractivity contribution < 1.29 is 52.4 Å². The summed E-state index contributed by atoms with van der Waals surface area (Å²) in [6.07, 6.45) is 7.32. The second-order valence-electron chi connectivity index (χ2n) is 9.56. The van der Waals surface area contributed by atoms with Crippen LogP contribution >= 0.6 is 0 Å². The standard InChI is InChI=1S/C25H46O11S/c1-2-3-4-5-6-7-8-9-10-11-12-13-14-15-21(27)34-16-19(26)17-35-25-24(30)23(29)22(28)20(36-25)18-37(31,32)33/h7-8,19-20,22-26,28-30H,2-6,9-18H2,1H3,(H,31,32,33)/b8-7+/t19?,20-,22-,23+,24-,25+/m1/s1. The van der Waals surface area contributed by atoms with Crippen LogP contribution in [0.3, 0.4) is 0 Å². The van der Waals surface area contributed by atoms with Crippen molar-refractivity contribution in [3.8, 4) is 0 Å². The minimum atomic E-state index is -4.54. The number of hydrogen-bond donors (Lipinski definition) is 5. The Bertz CT molecular complexity index is 743. The molecule has 0 saturated carbocycles. The molecule has 0 aromatic rings. The Morgan fingerprint density at radius 1 is 0.892 bits per heavy atom. The third-order valence-corrected chi connectivity index (χ3v) is 6.83. The highest BCUT2D eigenvalue weighted by atomic mass is 32.2. The first-order chi connectivity index (χ1) is 17.5. The van der Waals surface area contributed by atoms with Crippen LogP contribution in [0.4, 0.5) is 0 Å². The maximum absolute atomic E-state index is 11.9. The molecule has 1 fully saturated rings. The molecule has 1 aliphatic rings. The molecule has 11 nitrogen and oxygen atoms in total. The van der Waals surface area contributed by atoms with Gasteiger partial charge in [-0.1, -0.05) is 57.6 Å². The number of ether oxygens (including phenoxy) is 3. The van der Waals surface area contributed by atoms with Crippen molar-refractivity contribution in [2.45, 2.75) is 121 Å². The second-order valence-corrected chi connectivity index (χ2v) is 11.1. The first kappa shape index (κ1) is 33.9. The monoisotopic (exact) mass is 554 g/mol. The van der Waals surface area contributed by atoms with Crippen molar-refractivity contribution in [3.63, 3.8) is 0 Å². The smallest absolute Gasteiger partial charge is 0.305 e. The second kappa shape index (κ2) is 19.0. The Morgan fingerprint density at radius 2 is 1.49 bits per heavy atom. The van der Waals surface area contributed by atoms with E-state index in [0.29, 0.717) is 6.42 Å². The molecule has 1 rings (SSSR count). The van der Waals surface area contributed by atoms with Crippen molar-refractivity contribution in [2.75, 3.05) is 19.0 Å². The number of carbonyl (C=O) groups is 1. The van der Waals surface area contributed by atoms with Gasteiger partial charge >= 0.3 is 5.97 Å². The van der Waals surface area contributed by atoms with Crippen molar-refractivity contribution in [1.82, 2.24) is 0 Å². The average Bonchev–Trinajstić information content (AvgIpc) is 2.84. The Balaban J connectivity index is 2.13. The van der Waals surface area contributed by atoms with Gasteiger partial charge in [0.1, 0.15) is 42.9 Å². The maximum atomic E-state index is 11.9. The van der Waals surface area contributed by atoms with Crippen molar-refractivity contribution in [1.29, 1.82) is 0 Å². The third kappa shape index (κ3) is 15.8. The van der Waals surface area contributed by atoms with Gasteiger partial charge in [-0.25, -0.2) is 0 Å². The van der Waals surface area contributed by atoms with Crippen LogP contribution in [0.5, 0.6) is 0 Å². The van der Waals surface area contributed by atoms with Gasteiger partial charge in [0.2, 0.25) is 0 Å². The molecule has 0 aromatic heterocycles. The summed E-state index contributed by atoms with van der Waals surface area (Å²) in [7, 11) is -4.54. The summed E-state index contributed by atoms with van der Waals surface area (Å²) in [5, 5.41) is 39.6. The van der Waals surface area contributed by atoms with Gasteiger partial charge in [0.15, 0.2) is 6.29 Å². The van der Waals surface area contributed by atoms with Crippen molar-refractivity contribution in [3.05, 3.63) is 12.2 Å². The van der Waals surface area contributed by atoms with Gasteiger partial charge in [-0.15, -0.1) is 0 Å². The fourth-order valence-corrected chi connectivity index (χ4v) is 4.59. The minimum Gasteiger partial charge on any atom is -0.463 e. The normalized spacial score (nSPS) is 25.4. The molecule has 1 heterocycles. The van der Waals surface area contributed by atoms with Gasteiger partial charge < -0.3 is 34.6 Å². The highest BCUT2D eigenvalue weighted by Gasteiger charge is 2.45. The van der Waals surface area contributed by atoms with E-state index in [2.05, 4.69) is 19.1 Å². The number of carbonyl (C=O) groups excluding carboxylic acids is 1. The van der Waals surface area contributed by atoms with Gasteiger partial charge in [-0.2, -0.15) is 8.42 Å². The lowest BCUT2D eigenvalue weighted by atomic mass is 10.00. The van der Waals surface area contributed by atoms with Crippen LogP contribution in [0, 0.1) is 0 Å². The summed E-state index contributed by atoms with van der Waals surface area (Å²) >= 11 is 0. The Labute approximate surface area is 220 Å². The van der Waals surface area contributed by atoms with Crippen LogP contribution in [0.2, 0.25) is 0 Å². The highest BCUT2D eigenvalue weighted by Crippen LogP contribution is 2.23. The van der Waals surface area contributed by atoms with E-state index >= 15 is 0 Å². The van der Waals surface area contributed by atoms with Gasteiger partial charge in [-0.05, 0) is 32.1 Å². The molecule has 12 heteroatoms. The molecule has 0 spiro atoms. The van der Waals surface area contributed by atoms with Crippen LogP contribution in [0.1, 0.15) is 84.0 Å². The number of rotatable bonds is 20. The summed E-state index contributed by atoms with van der Waals surface area (Å²) in [6.45, 7) is 1.40. The molecular formula is C25H46O11S. The molecule has 1 saturated heterocycles. The molecule has 6 atom stereocenters. The third-order valence-electron chi connectivity index (χ3n) is 6.08. The number of aliphatic hydroxyl groups is 4. The Kier molecular flexibility index (Phi) is 17.4. The zero-order valence-electron chi connectivity index (χ0n) is 21.8. The summed E-state index contributed by atoms with van der Waals surface area (Å²) in [4.78, 5) is 11.9. The predicted octanol–water partition coefficient (Wildman–Crippen LogP) is 1.86. The molecule has 1 aliphatic heterocycles. The summed E-state index contributed by atoms with van der Waals surface area (Å²) in [5.41, 5.74) is 0. The molecule has 1 unspecified atom stereocenters. The lowest BCUT2D eigenvalue weighted by Crippen LogP contribution is -2.60. The Morgan fingerprint density at radius 3 is 2.11 bits per heavy atom. The molecule has 37 heavy (non-hydrogen) atoms. The topological polar surface area (TPSA) is 180 Å². The van der Waals surface area contributed by atoms with E-state index in [1.807, 2.05) is 0 Å². The van der Waals surface area contributed by atoms with Crippen molar-refractivity contribution in [2.24, 2.45) is 0 Å². The number of aliphatic hydroxyl groups excluding tert-OH is 4. The SMILES string of the molecule is CCCCCC/C=C/CCCCCCCC(=O)OCC(O)CO[C@H]1O[C@H](CS(=O)(=O)O)[C@@H](O)[C@H](O)[C@H]1O. The first-order valence-corrected chi connectivity index (χ1v) is 14.9. The first-order valence-electron chi connectivity index (χ1n) is 13.3. The van der Waals surface area contributed by atoms with E-state index < -0.39 is 65.3 Å². The predicted molar refractivity (Wildman–Crippen MR) is 136 cm³/mol. The maximum Gasteiger partial charge on any atom is 0.305 e. The highest BCUT2D eigenvalue weighted by molar-refractivity contribution is 7.85. The largest absolute Gasteiger partial charge is 0.463 e. The number of unbranched alkanes of at least 4 members (excludes halogenated alkanes) is 9. The van der Waals surface area contributed by atoms with Gasteiger partial charge in [0.05, 0.1) is 6.61 Å². The minimum absolute atomic E-state index is 0.233. The van der Waals surface area contributed by atoms with Gasteiger partial charge in [-0.3, -0.25) is 9.35 Å². The number of esters is 1. The molecule has 5 N–H and O–H groups in total. The zero-order valence-corrected chi connectivity index (χ0v) is 22.6. The van der Waals surface area contributed by atoms with Crippen LogP contribution < -0.4 is 0 Å². The molecule has 0 aromatic carbocycles. The summed E-state index contributed by atoms with van der Waals surface area (Å²) in [5.74, 6) is -1.47. The van der Waals surface area contributed by atoms with Crippen LogP contribution in [-0.4, -0.2) is 95.1 Å². The zero-order chi connectivity index (χ0) is 27.7. The van der Waals surface area contributed by atoms with E-state index in [1.165, 1.54) is 25.7 Å². The van der Waals surface area contributed by atoms with E-state index in [9.17, 15) is 33.6 Å². The Hall–Kier alpha value is -1.12. The lowest BCUT2D eigenvalue weighted by molar-refractivity contribution is -0.296. The van der Waals surface area contributed by atoms with E-state index in [1.54, 1.807) is 0 Å². The molecule has 0 aliphatic carbocycles. The lowest BCUT2D eigenvalue weighted by Gasteiger charge is -2.40. The quantitative estimate of drug-likeness (QED) is 0.0641. The van der Waals surface area contributed by atoms with Crippen LogP contribution in [-0.2, 0) is 29.1 Å². The van der Waals surface area contributed by atoms with Gasteiger partial charge in [0.25, 0.3) is 10.1 Å². The molecular weight excluding hydrogens is 508 g/mol. The van der Waals surface area contributed by atoms with Gasteiger partial charge in [0, 0.05) is 6.42 Å². The van der Waals surface area contributed by atoms with Crippen molar-refractivity contribution >= 4 is 16.1 Å². The average molecular weight is 555 g/mol. The van der Waals surface area contributed by atoms with E-state index in [0.717, 1.165) is 38.5 Å². The fourth-order valence-electron chi connectivity index (χ4n) is 3.90. The van der Waals surface area contributed by atoms with Crippen LogP contribution in [0.25, 0.3) is 0 Å². The summed E-state index contributed by atoms with van der Waals surface area (Å²) in [6, 6.07) is 0. The molecule has 218 valence electrons. The molecule has 0 radical (unpaired) electrons. The molecule has 0 bridgehead atoms. The summed E-state index contributed by atoms with van der Waals surface area (Å²) < 4.78 is 46.4. The van der Waals surface area contributed by atoms with E-state index in [4.69, 9.17) is 18.8 Å². The molecule has 0 amide bonds.